The molecule has 0 bridgehead atoms. The maximum Gasteiger partial charge on any atom is 0.306 e. The molecule has 0 aliphatic heterocycles. The molecule has 58 heavy (non-hydrogen) atoms. The van der Waals surface area contributed by atoms with Crippen LogP contribution in [0.5, 0.6) is 0 Å². The summed E-state index contributed by atoms with van der Waals surface area (Å²) in [7, 11) is 1.10. The second-order valence-corrected chi connectivity index (χ2v) is 17.5. The average molecular weight is 834 g/mol. The second kappa shape index (κ2) is 39.9. The zero-order valence-corrected chi connectivity index (χ0v) is 38.4. The molecule has 0 aliphatic carbocycles. The molecule has 0 aromatic rings. The largest absolute Gasteiger partial charge is 0.756 e. The van der Waals surface area contributed by atoms with Crippen LogP contribution < -0.4 is 4.89 Å². The summed E-state index contributed by atoms with van der Waals surface area (Å²) < 4.78 is 33.8. The summed E-state index contributed by atoms with van der Waals surface area (Å²) in [6.07, 6.45) is 49.5. The van der Waals surface area contributed by atoms with Gasteiger partial charge in [-0.05, 0) is 77.0 Å². The maximum absolute atomic E-state index is 12.7. The number of hydrogen-bond acceptors (Lipinski definition) is 8. The third-order valence-corrected chi connectivity index (χ3v) is 10.2. The summed E-state index contributed by atoms with van der Waals surface area (Å²) >= 11 is 0. The highest BCUT2D eigenvalue weighted by Gasteiger charge is 2.21. The van der Waals surface area contributed by atoms with E-state index >= 15 is 0 Å². The summed E-state index contributed by atoms with van der Waals surface area (Å²) in [5.41, 5.74) is 0. The van der Waals surface area contributed by atoms with Crippen LogP contribution in [-0.2, 0) is 32.7 Å². The number of unbranched alkanes of at least 4 members (excludes halogenated alkanes) is 14. The maximum atomic E-state index is 12.7. The lowest BCUT2D eigenvalue weighted by atomic mass is 10.1. The third kappa shape index (κ3) is 43.0. The van der Waals surface area contributed by atoms with E-state index in [2.05, 4.69) is 80.7 Å². The molecule has 0 aliphatic rings. The summed E-state index contributed by atoms with van der Waals surface area (Å²) in [5.74, 6) is -0.962. The normalized spacial score (nSPS) is 14.2. The molecule has 0 aromatic carbocycles. The van der Waals surface area contributed by atoms with Crippen molar-refractivity contribution in [3.63, 3.8) is 0 Å². The number of phosphoric acid groups is 1. The van der Waals surface area contributed by atoms with E-state index in [1.54, 1.807) is 0 Å². The number of carbonyl (C=O) groups is 2. The van der Waals surface area contributed by atoms with E-state index in [-0.39, 0.29) is 26.1 Å². The van der Waals surface area contributed by atoms with Gasteiger partial charge in [0.1, 0.15) is 19.8 Å². The standard InChI is InChI=1S/C48H84NO8P/c1-6-8-10-12-14-16-18-20-22-24-26-28-30-32-34-36-38-40-47(50)54-44-46(45-56-58(52,53)55-43-42-49(3,4)5)57-48(51)41-39-37-35-33-31-29-27-25-23-21-19-17-15-13-11-9-7-2/h20-23,26-29,32-35,46H,6-19,24-25,30-31,36-45H2,1-5H3/b22-20+,23-21+,28-26+,29-27+,34-32+,35-33+/t46-/m1/s1. The van der Waals surface area contributed by atoms with E-state index in [0.29, 0.717) is 30.3 Å². The smallest absolute Gasteiger partial charge is 0.306 e. The molecular formula is C48H84NO8P. The molecule has 0 radical (unpaired) electrons. The van der Waals surface area contributed by atoms with Crippen LogP contribution in [0.25, 0.3) is 0 Å². The van der Waals surface area contributed by atoms with Crippen molar-refractivity contribution in [3.05, 3.63) is 72.9 Å². The highest BCUT2D eigenvalue weighted by atomic mass is 31.2. The fraction of sp³-hybridized carbons (Fsp3) is 0.708. The zero-order chi connectivity index (χ0) is 42.8. The molecule has 0 N–H and O–H groups in total. The molecule has 0 heterocycles. The second-order valence-electron chi connectivity index (χ2n) is 16.1. The van der Waals surface area contributed by atoms with Gasteiger partial charge in [0.2, 0.25) is 0 Å². The first-order chi connectivity index (χ1) is 28.0. The van der Waals surface area contributed by atoms with Crippen molar-refractivity contribution < 1.29 is 42.1 Å². The van der Waals surface area contributed by atoms with E-state index in [1.165, 1.54) is 77.0 Å². The number of nitrogens with zero attached hydrogens (tertiary/aromatic N) is 1. The predicted octanol–water partition coefficient (Wildman–Crippen LogP) is 12.4. The number of esters is 2. The fourth-order valence-electron chi connectivity index (χ4n) is 5.63. The van der Waals surface area contributed by atoms with Crippen molar-refractivity contribution in [2.45, 2.75) is 174 Å². The van der Waals surface area contributed by atoms with Crippen LogP contribution in [0.2, 0.25) is 0 Å². The van der Waals surface area contributed by atoms with Gasteiger partial charge in [0.05, 0.1) is 27.7 Å². The van der Waals surface area contributed by atoms with Gasteiger partial charge in [0.25, 0.3) is 7.82 Å². The molecule has 0 spiro atoms. The Bertz CT molecular complexity index is 1220. The van der Waals surface area contributed by atoms with Crippen LogP contribution in [0.4, 0.5) is 0 Å². The number of rotatable bonds is 40. The first kappa shape index (κ1) is 55.5. The molecule has 0 saturated carbocycles. The molecular weight excluding hydrogens is 750 g/mol. The van der Waals surface area contributed by atoms with Gasteiger partial charge in [-0.2, -0.15) is 0 Å². The van der Waals surface area contributed by atoms with Crippen LogP contribution in [0.15, 0.2) is 72.9 Å². The van der Waals surface area contributed by atoms with Gasteiger partial charge in [-0.1, -0.05) is 151 Å². The number of phosphoric ester groups is 1. The number of hydrogen-bond donors (Lipinski definition) is 0. The van der Waals surface area contributed by atoms with E-state index < -0.39 is 32.5 Å². The fourth-order valence-corrected chi connectivity index (χ4v) is 6.35. The Labute approximate surface area is 355 Å². The van der Waals surface area contributed by atoms with Crippen LogP contribution in [0.1, 0.15) is 168 Å². The minimum atomic E-state index is -4.65. The van der Waals surface area contributed by atoms with Crippen molar-refractivity contribution in [1.82, 2.24) is 0 Å². The van der Waals surface area contributed by atoms with Crippen LogP contribution in [0, 0.1) is 0 Å². The van der Waals surface area contributed by atoms with Crippen LogP contribution in [-0.4, -0.2) is 70.0 Å². The van der Waals surface area contributed by atoms with Crippen molar-refractivity contribution in [3.8, 4) is 0 Å². The van der Waals surface area contributed by atoms with Crippen molar-refractivity contribution >= 4 is 19.8 Å². The Kier molecular flexibility index (Phi) is 38.1. The average Bonchev–Trinajstić information content (AvgIpc) is 3.17. The lowest BCUT2D eigenvalue weighted by Gasteiger charge is -2.28. The first-order valence-corrected chi connectivity index (χ1v) is 24.1. The molecule has 334 valence electrons. The number of allylic oxidation sites excluding steroid dienone is 12. The van der Waals surface area contributed by atoms with E-state index in [4.69, 9.17) is 18.5 Å². The number of carbonyl (C=O) groups excluding carboxylic acids is 2. The van der Waals surface area contributed by atoms with E-state index in [9.17, 15) is 19.0 Å². The van der Waals surface area contributed by atoms with E-state index in [1.807, 2.05) is 27.2 Å². The lowest BCUT2D eigenvalue weighted by Crippen LogP contribution is -2.37. The van der Waals surface area contributed by atoms with Gasteiger partial charge in [-0.15, -0.1) is 0 Å². The number of likely N-dealkylation sites (N-methyl/N-ethyl adjacent to an activating group) is 1. The van der Waals surface area contributed by atoms with Crippen molar-refractivity contribution in [1.29, 1.82) is 0 Å². The van der Waals surface area contributed by atoms with Gasteiger partial charge in [-0.3, -0.25) is 14.2 Å². The van der Waals surface area contributed by atoms with E-state index in [0.717, 1.165) is 44.9 Å². The summed E-state index contributed by atoms with van der Waals surface area (Å²) in [4.78, 5) is 37.5. The summed E-state index contributed by atoms with van der Waals surface area (Å²) in [6.45, 7) is 4.08. The molecule has 0 fully saturated rings. The van der Waals surface area contributed by atoms with Gasteiger partial charge < -0.3 is 27.9 Å². The summed E-state index contributed by atoms with van der Waals surface area (Å²) in [5, 5.41) is 0. The Morgan fingerprint density at radius 2 is 0.931 bits per heavy atom. The third-order valence-electron chi connectivity index (χ3n) is 9.20. The minimum Gasteiger partial charge on any atom is -0.756 e. The summed E-state index contributed by atoms with van der Waals surface area (Å²) in [6, 6.07) is 0. The minimum absolute atomic E-state index is 0.0508. The Morgan fingerprint density at radius 3 is 1.38 bits per heavy atom. The zero-order valence-electron chi connectivity index (χ0n) is 37.5. The Morgan fingerprint density at radius 1 is 0.534 bits per heavy atom. The Balaban J connectivity index is 4.53. The molecule has 0 saturated heterocycles. The lowest BCUT2D eigenvalue weighted by molar-refractivity contribution is -0.870. The molecule has 0 rings (SSSR count). The molecule has 0 aromatic heterocycles. The van der Waals surface area contributed by atoms with Crippen LogP contribution >= 0.6 is 7.82 Å². The Hall–Kier alpha value is -2.55. The highest BCUT2D eigenvalue weighted by Crippen LogP contribution is 2.38. The van der Waals surface area contributed by atoms with Gasteiger partial charge in [-0.25, -0.2) is 0 Å². The quantitative estimate of drug-likeness (QED) is 0.0197. The van der Waals surface area contributed by atoms with Crippen molar-refractivity contribution in [2.75, 3.05) is 47.5 Å². The highest BCUT2D eigenvalue weighted by molar-refractivity contribution is 7.45. The first-order valence-electron chi connectivity index (χ1n) is 22.6. The molecule has 9 nitrogen and oxygen atoms in total. The molecule has 1 unspecified atom stereocenters. The van der Waals surface area contributed by atoms with Gasteiger partial charge >= 0.3 is 11.9 Å². The predicted molar refractivity (Wildman–Crippen MR) is 240 cm³/mol. The number of quaternary nitrogens is 1. The SMILES string of the molecule is CCCCCCCC/C=C/C/C=C/C/C=C/CCCC(=O)OC[C@H](COP(=O)([O-])OCC[N+](C)(C)C)OC(=O)CCC/C=C/C/C=C/C/C=C/CCCCCCCC. The monoisotopic (exact) mass is 834 g/mol. The molecule has 10 heteroatoms. The van der Waals surface area contributed by atoms with Gasteiger partial charge in [0, 0.05) is 12.8 Å². The molecule has 2 atom stereocenters. The van der Waals surface area contributed by atoms with Gasteiger partial charge in [0.15, 0.2) is 6.10 Å². The van der Waals surface area contributed by atoms with Crippen LogP contribution in [0.3, 0.4) is 0 Å². The molecule has 0 amide bonds. The van der Waals surface area contributed by atoms with Crippen molar-refractivity contribution in [2.24, 2.45) is 0 Å². The topological polar surface area (TPSA) is 111 Å². The number of ether oxygens (including phenoxy) is 2.